The van der Waals surface area contributed by atoms with Gasteiger partial charge in [-0.25, -0.2) is 8.42 Å². The van der Waals surface area contributed by atoms with Crippen LogP contribution in [0.2, 0.25) is 0 Å². The summed E-state index contributed by atoms with van der Waals surface area (Å²) in [6.07, 6.45) is 2.34. The summed E-state index contributed by atoms with van der Waals surface area (Å²) in [6.45, 7) is 1.68. The van der Waals surface area contributed by atoms with Gasteiger partial charge in [0.05, 0.1) is 12.7 Å². The fourth-order valence-electron chi connectivity index (χ4n) is 1.72. The van der Waals surface area contributed by atoms with E-state index in [4.69, 9.17) is 0 Å². The number of aryl methyl sites for hydroxylation is 1. The first-order valence-corrected chi connectivity index (χ1v) is 8.59. The Bertz CT molecular complexity index is 707. The number of nitrogens with one attached hydrogen (secondary N) is 2. The van der Waals surface area contributed by atoms with Crippen molar-refractivity contribution < 1.29 is 13.2 Å². The van der Waals surface area contributed by atoms with Crippen molar-refractivity contribution in [3.63, 3.8) is 0 Å². The molecule has 0 aliphatic carbocycles. The van der Waals surface area contributed by atoms with Gasteiger partial charge < -0.3 is 5.32 Å². The lowest BCUT2D eigenvalue weighted by Gasteiger charge is -2.15. The average molecular weight is 328 g/mol. The van der Waals surface area contributed by atoms with Crippen LogP contribution in [0.15, 0.2) is 27.9 Å². The van der Waals surface area contributed by atoms with Crippen LogP contribution in [0.1, 0.15) is 12.5 Å². The van der Waals surface area contributed by atoms with Crippen molar-refractivity contribution in [3.8, 4) is 0 Å². The van der Waals surface area contributed by atoms with E-state index in [1.54, 1.807) is 17.6 Å². The van der Waals surface area contributed by atoms with Gasteiger partial charge in [-0.3, -0.25) is 9.89 Å². The molecule has 21 heavy (non-hydrogen) atoms. The maximum absolute atomic E-state index is 12.2. The summed E-state index contributed by atoms with van der Waals surface area (Å²) in [5.41, 5.74) is 0.868. The van der Waals surface area contributed by atoms with E-state index in [0.29, 0.717) is 5.82 Å². The van der Waals surface area contributed by atoms with Gasteiger partial charge in [0.15, 0.2) is 0 Å². The normalized spacial score (nSPS) is 11.8. The predicted molar refractivity (Wildman–Crippen MR) is 80.7 cm³/mol. The monoisotopic (exact) mass is 328 g/mol. The van der Waals surface area contributed by atoms with Crippen molar-refractivity contribution >= 4 is 33.1 Å². The van der Waals surface area contributed by atoms with Crippen molar-refractivity contribution in [1.82, 2.24) is 14.5 Å². The predicted octanol–water partition coefficient (Wildman–Crippen LogP) is 1.29. The number of carbonyl (C=O) groups is 1. The van der Waals surface area contributed by atoms with Crippen molar-refractivity contribution in [2.75, 3.05) is 18.9 Å². The molecule has 7 nitrogen and oxygen atoms in total. The molecule has 0 radical (unpaired) electrons. The van der Waals surface area contributed by atoms with E-state index in [1.165, 1.54) is 13.1 Å². The number of aromatic nitrogens is 2. The Morgan fingerprint density at radius 1 is 1.52 bits per heavy atom. The molecule has 0 aromatic carbocycles. The SMILES string of the molecule is CCc1cn[nH]c1NC(=O)CN(C)S(=O)(=O)c1cccs1. The second kappa shape index (κ2) is 6.37. The largest absolute Gasteiger partial charge is 0.310 e. The Kier molecular flexibility index (Phi) is 4.76. The van der Waals surface area contributed by atoms with Crippen LogP contribution < -0.4 is 5.32 Å². The van der Waals surface area contributed by atoms with Crippen molar-refractivity contribution in [3.05, 3.63) is 29.3 Å². The van der Waals surface area contributed by atoms with Gasteiger partial charge in [-0.1, -0.05) is 13.0 Å². The van der Waals surface area contributed by atoms with Crippen LogP contribution >= 0.6 is 11.3 Å². The fourth-order valence-corrected chi connectivity index (χ4v) is 4.05. The molecule has 2 N–H and O–H groups in total. The van der Waals surface area contributed by atoms with Gasteiger partial charge in [0, 0.05) is 12.6 Å². The van der Waals surface area contributed by atoms with Crippen LogP contribution in [0.3, 0.4) is 0 Å². The lowest BCUT2D eigenvalue weighted by atomic mass is 10.2. The summed E-state index contributed by atoms with van der Waals surface area (Å²) in [5.74, 6) is 0.0843. The molecule has 0 bridgehead atoms. The zero-order chi connectivity index (χ0) is 15.5. The number of nitrogens with zero attached hydrogens (tertiary/aromatic N) is 2. The van der Waals surface area contributed by atoms with Crippen molar-refractivity contribution in [2.24, 2.45) is 0 Å². The molecule has 0 aliphatic rings. The maximum atomic E-state index is 12.2. The van der Waals surface area contributed by atoms with Crippen LogP contribution in [0.25, 0.3) is 0 Å². The highest BCUT2D eigenvalue weighted by molar-refractivity contribution is 7.91. The van der Waals surface area contributed by atoms with Gasteiger partial charge in [-0.15, -0.1) is 11.3 Å². The molecule has 0 atom stereocenters. The third-order valence-corrected chi connectivity index (χ3v) is 6.07. The van der Waals surface area contributed by atoms with Gasteiger partial charge in [-0.05, 0) is 17.9 Å². The van der Waals surface area contributed by atoms with E-state index < -0.39 is 15.9 Å². The first-order valence-electron chi connectivity index (χ1n) is 6.27. The molecule has 2 rings (SSSR count). The summed E-state index contributed by atoms with van der Waals surface area (Å²) >= 11 is 1.12. The van der Waals surface area contributed by atoms with E-state index in [2.05, 4.69) is 15.5 Å². The molecule has 114 valence electrons. The Labute approximate surface area is 127 Å². The fraction of sp³-hybridized carbons (Fsp3) is 0.333. The van der Waals surface area contributed by atoms with Crippen molar-refractivity contribution in [1.29, 1.82) is 0 Å². The molecule has 0 saturated carbocycles. The summed E-state index contributed by atoms with van der Waals surface area (Å²) in [4.78, 5) is 11.9. The maximum Gasteiger partial charge on any atom is 0.252 e. The molecular weight excluding hydrogens is 312 g/mol. The lowest BCUT2D eigenvalue weighted by molar-refractivity contribution is -0.116. The van der Waals surface area contributed by atoms with Crippen LogP contribution in [0.4, 0.5) is 5.82 Å². The number of H-pyrrole nitrogens is 1. The molecule has 0 saturated heterocycles. The van der Waals surface area contributed by atoms with E-state index in [0.717, 1.165) is 27.6 Å². The number of carbonyl (C=O) groups excluding carboxylic acids is 1. The Morgan fingerprint density at radius 2 is 2.29 bits per heavy atom. The van der Waals surface area contributed by atoms with E-state index in [9.17, 15) is 13.2 Å². The first kappa shape index (κ1) is 15.7. The molecule has 0 aliphatic heterocycles. The minimum absolute atomic E-state index is 0.216. The number of rotatable bonds is 6. The van der Waals surface area contributed by atoms with Gasteiger partial charge in [-0.2, -0.15) is 9.40 Å². The zero-order valence-corrected chi connectivity index (χ0v) is 13.3. The topological polar surface area (TPSA) is 95.2 Å². The van der Waals surface area contributed by atoms with Crippen LogP contribution in [0.5, 0.6) is 0 Å². The molecule has 2 aromatic rings. The highest BCUT2D eigenvalue weighted by Crippen LogP contribution is 2.19. The van der Waals surface area contributed by atoms with E-state index in [1.807, 2.05) is 6.92 Å². The Balaban J connectivity index is 2.03. The number of hydrogen-bond acceptors (Lipinski definition) is 5. The molecule has 2 aromatic heterocycles. The number of amides is 1. The molecule has 0 spiro atoms. The van der Waals surface area contributed by atoms with Gasteiger partial charge in [0.1, 0.15) is 10.0 Å². The number of thiophene rings is 1. The third-order valence-electron chi connectivity index (χ3n) is 2.89. The smallest absolute Gasteiger partial charge is 0.252 e. The highest BCUT2D eigenvalue weighted by Gasteiger charge is 2.24. The second-order valence-corrected chi connectivity index (χ2v) is 7.58. The molecule has 1 amide bonds. The summed E-state index contributed by atoms with van der Waals surface area (Å²) in [5, 5.41) is 10.8. The number of sulfonamides is 1. The molecular formula is C12H16N4O3S2. The Morgan fingerprint density at radius 3 is 2.90 bits per heavy atom. The number of likely N-dealkylation sites (N-methyl/N-ethyl adjacent to an activating group) is 1. The quantitative estimate of drug-likeness (QED) is 0.835. The molecule has 9 heteroatoms. The van der Waals surface area contributed by atoms with Gasteiger partial charge in [0.25, 0.3) is 10.0 Å². The van der Waals surface area contributed by atoms with Gasteiger partial charge >= 0.3 is 0 Å². The van der Waals surface area contributed by atoms with Crippen LogP contribution in [-0.2, 0) is 21.2 Å². The minimum Gasteiger partial charge on any atom is -0.310 e. The molecule has 0 unspecified atom stereocenters. The van der Waals surface area contributed by atoms with Crippen molar-refractivity contribution in [2.45, 2.75) is 17.6 Å². The number of hydrogen-bond donors (Lipinski definition) is 2. The highest BCUT2D eigenvalue weighted by atomic mass is 32.2. The average Bonchev–Trinajstić information content (AvgIpc) is 3.09. The second-order valence-electron chi connectivity index (χ2n) is 4.37. The van der Waals surface area contributed by atoms with Gasteiger partial charge in [0.2, 0.25) is 5.91 Å². The third kappa shape index (κ3) is 3.49. The number of anilines is 1. The summed E-state index contributed by atoms with van der Waals surface area (Å²) < 4.78 is 25.6. The minimum atomic E-state index is -3.62. The summed E-state index contributed by atoms with van der Waals surface area (Å²) in [6, 6.07) is 3.17. The number of aromatic amines is 1. The summed E-state index contributed by atoms with van der Waals surface area (Å²) in [7, 11) is -2.24. The molecule has 0 fully saturated rings. The zero-order valence-electron chi connectivity index (χ0n) is 11.7. The lowest BCUT2D eigenvalue weighted by Crippen LogP contribution is -2.34. The van der Waals surface area contributed by atoms with Crippen LogP contribution in [-0.4, -0.2) is 42.4 Å². The van der Waals surface area contributed by atoms with Crippen LogP contribution in [0, 0.1) is 0 Å². The van der Waals surface area contributed by atoms with E-state index in [-0.39, 0.29) is 10.8 Å². The Hall–Kier alpha value is -1.71. The molecule has 2 heterocycles. The van der Waals surface area contributed by atoms with E-state index >= 15 is 0 Å². The first-order chi connectivity index (χ1) is 9.95. The standard InChI is InChI=1S/C12H16N4O3S2/c1-3-9-7-13-15-12(9)14-10(17)8-16(2)21(18,19)11-5-4-6-20-11/h4-7H,3,8H2,1-2H3,(H2,13,14,15,17).